The van der Waals surface area contributed by atoms with E-state index in [0.717, 1.165) is 12.8 Å². The first-order valence-electron chi connectivity index (χ1n) is 6.04. The van der Waals surface area contributed by atoms with Gasteiger partial charge in [0.05, 0.1) is 0 Å². The molecule has 0 aliphatic heterocycles. The molecule has 0 aliphatic carbocycles. The Morgan fingerprint density at radius 2 is 1.75 bits per heavy atom. The van der Waals surface area contributed by atoms with Crippen LogP contribution in [0.4, 0.5) is 0 Å². The molecule has 16 heavy (non-hydrogen) atoms. The first kappa shape index (κ1) is 12.8. The topological polar surface area (TPSA) is 0 Å². The number of allylic oxidation sites excluding steroid dienone is 4. The summed E-state index contributed by atoms with van der Waals surface area (Å²) >= 11 is 0. The van der Waals surface area contributed by atoms with Crippen molar-refractivity contribution in [1.29, 1.82) is 0 Å². The predicted octanol–water partition coefficient (Wildman–Crippen LogP) is 4.70. The first-order valence-corrected chi connectivity index (χ1v) is 6.04. The van der Waals surface area contributed by atoms with E-state index in [1.807, 2.05) is 0 Å². The Morgan fingerprint density at radius 3 is 2.31 bits per heavy atom. The molecule has 1 aromatic carbocycles. The maximum atomic E-state index is 2.27. The standard InChI is InChI=1S/C16H22/c1-5-13(3)11-14(4)12-16-10-8-7-9-15(16)6-2/h5,7-11H,6,12H2,1-4H3/b13-5-,14-11-. The fourth-order valence-electron chi connectivity index (χ4n) is 1.90. The Labute approximate surface area is 99.7 Å². The molecule has 0 aromatic heterocycles. The van der Waals surface area contributed by atoms with Gasteiger partial charge < -0.3 is 0 Å². The van der Waals surface area contributed by atoms with Crippen molar-refractivity contribution in [3.05, 3.63) is 58.7 Å². The Hall–Kier alpha value is -1.30. The van der Waals surface area contributed by atoms with Crippen LogP contribution in [0, 0.1) is 0 Å². The molecule has 0 unspecified atom stereocenters. The van der Waals surface area contributed by atoms with Crippen LogP contribution in [-0.4, -0.2) is 0 Å². The van der Waals surface area contributed by atoms with E-state index in [0.29, 0.717) is 0 Å². The van der Waals surface area contributed by atoms with Crippen molar-refractivity contribution in [2.75, 3.05) is 0 Å². The third kappa shape index (κ3) is 3.69. The molecule has 0 amide bonds. The molecule has 0 fully saturated rings. The normalized spacial score (nSPS) is 13.0. The smallest absolute Gasteiger partial charge is 0.00639 e. The van der Waals surface area contributed by atoms with E-state index in [-0.39, 0.29) is 0 Å². The number of benzene rings is 1. The molecule has 1 rings (SSSR count). The van der Waals surface area contributed by atoms with Crippen LogP contribution >= 0.6 is 0 Å². The summed E-state index contributed by atoms with van der Waals surface area (Å²) in [4.78, 5) is 0. The van der Waals surface area contributed by atoms with Crippen LogP contribution in [0.2, 0.25) is 0 Å². The van der Waals surface area contributed by atoms with Gasteiger partial charge in [-0.1, -0.05) is 54.5 Å². The highest BCUT2D eigenvalue weighted by Crippen LogP contribution is 2.15. The summed E-state index contributed by atoms with van der Waals surface area (Å²) in [7, 11) is 0. The fraction of sp³-hybridized carbons (Fsp3) is 0.375. The minimum atomic E-state index is 1.06. The largest absolute Gasteiger partial charge is 0.0847 e. The van der Waals surface area contributed by atoms with Gasteiger partial charge in [-0.25, -0.2) is 0 Å². The molecular formula is C16H22. The Morgan fingerprint density at radius 1 is 1.12 bits per heavy atom. The van der Waals surface area contributed by atoms with Crippen LogP contribution in [0.5, 0.6) is 0 Å². The molecule has 0 nitrogen and oxygen atoms in total. The third-order valence-electron chi connectivity index (χ3n) is 2.90. The van der Waals surface area contributed by atoms with Crippen LogP contribution in [0.3, 0.4) is 0 Å². The second-order valence-electron chi connectivity index (χ2n) is 4.32. The molecule has 0 spiro atoms. The minimum Gasteiger partial charge on any atom is -0.0847 e. The number of hydrogen-bond donors (Lipinski definition) is 0. The summed E-state index contributed by atoms with van der Waals surface area (Å²) in [5.74, 6) is 0. The molecule has 0 heteroatoms. The molecular weight excluding hydrogens is 192 g/mol. The summed E-state index contributed by atoms with van der Waals surface area (Å²) in [6.45, 7) is 8.66. The summed E-state index contributed by atoms with van der Waals surface area (Å²) in [5.41, 5.74) is 5.69. The SMILES string of the molecule is C/C=C(C)\C=C(\C)Cc1ccccc1CC. The summed E-state index contributed by atoms with van der Waals surface area (Å²) in [6.07, 6.45) is 6.60. The first-order chi connectivity index (χ1) is 7.67. The maximum absolute atomic E-state index is 2.27. The van der Waals surface area contributed by atoms with Crippen molar-refractivity contribution in [3.63, 3.8) is 0 Å². The van der Waals surface area contributed by atoms with Gasteiger partial charge in [0.1, 0.15) is 0 Å². The lowest BCUT2D eigenvalue weighted by Crippen LogP contribution is -1.93. The number of aryl methyl sites for hydroxylation is 1. The van der Waals surface area contributed by atoms with Gasteiger partial charge in [0.25, 0.3) is 0 Å². The average Bonchev–Trinajstić information content (AvgIpc) is 2.29. The van der Waals surface area contributed by atoms with Crippen LogP contribution < -0.4 is 0 Å². The van der Waals surface area contributed by atoms with Crippen molar-refractivity contribution in [1.82, 2.24) is 0 Å². The van der Waals surface area contributed by atoms with E-state index in [4.69, 9.17) is 0 Å². The Bertz CT molecular complexity index is 394. The molecule has 0 bridgehead atoms. The van der Waals surface area contributed by atoms with Gasteiger partial charge in [-0.2, -0.15) is 0 Å². The molecule has 0 N–H and O–H groups in total. The van der Waals surface area contributed by atoms with Crippen LogP contribution in [0.1, 0.15) is 38.8 Å². The number of hydrogen-bond acceptors (Lipinski definition) is 0. The summed E-state index contributed by atoms with van der Waals surface area (Å²) in [5, 5.41) is 0. The zero-order valence-corrected chi connectivity index (χ0v) is 10.9. The van der Waals surface area contributed by atoms with Gasteiger partial charge in [-0.3, -0.25) is 0 Å². The van der Waals surface area contributed by atoms with E-state index in [1.54, 1.807) is 0 Å². The second-order valence-corrected chi connectivity index (χ2v) is 4.32. The lowest BCUT2D eigenvalue weighted by Gasteiger charge is -2.08. The van der Waals surface area contributed by atoms with E-state index in [1.165, 1.54) is 22.3 Å². The second kappa shape index (κ2) is 6.32. The molecule has 0 radical (unpaired) electrons. The van der Waals surface area contributed by atoms with Gasteiger partial charge in [-0.05, 0) is 44.7 Å². The van der Waals surface area contributed by atoms with Crippen LogP contribution in [-0.2, 0) is 12.8 Å². The van der Waals surface area contributed by atoms with E-state index in [9.17, 15) is 0 Å². The van der Waals surface area contributed by atoms with Gasteiger partial charge in [-0.15, -0.1) is 0 Å². The van der Waals surface area contributed by atoms with Crippen LogP contribution in [0.15, 0.2) is 47.6 Å². The third-order valence-corrected chi connectivity index (χ3v) is 2.90. The monoisotopic (exact) mass is 214 g/mol. The van der Waals surface area contributed by atoms with Crippen molar-refractivity contribution in [3.8, 4) is 0 Å². The van der Waals surface area contributed by atoms with Gasteiger partial charge in [0, 0.05) is 0 Å². The van der Waals surface area contributed by atoms with Crippen molar-refractivity contribution in [2.45, 2.75) is 40.5 Å². The van der Waals surface area contributed by atoms with Gasteiger partial charge >= 0.3 is 0 Å². The average molecular weight is 214 g/mol. The van der Waals surface area contributed by atoms with Crippen molar-refractivity contribution >= 4 is 0 Å². The predicted molar refractivity (Wildman–Crippen MR) is 72.7 cm³/mol. The maximum Gasteiger partial charge on any atom is -0.00639 e. The lowest BCUT2D eigenvalue weighted by molar-refractivity contribution is 1.04. The van der Waals surface area contributed by atoms with Gasteiger partial charge in [0.2, 0.25) is 0 Å². The quantitative estimate of drug-likeness (QED) is 0.637. The molecule has 0 aliphatic rings. The molecule has 0 atom stereocenters. The zero-order chi connectivity index (χ0) is 12.0. The van der Waals surface area contributed by atoms with Crippen molar-refractivity contribution in [2.24, 2.45) is 0 Å². The molecule has 1 aromatic rings. The van der Waals surface area contributed by atoms with E-state index in [2.05, 4.69) is 64.1 Å². The van der Waals surface area contributed by atoms with Gasteiger partial charge in [0.15, 0.2) is 0 Å². The Balaban J connectivity index is 2.84. The highest BCUT2D eigenvalue weighted by Gasteiger charge is 2.00. The summed E-state index contributed by atoms with van der Waals surface area (Å²) < 4.78 is 0. The molecule has 0 saturated heterocycles. The molecule has 0 heterocycles. The minimum absolute atomic E-state index is 1.06. The Kier molecular flexibility index (Phi) is 5.04. The summed E-state index contributed by atoms with van der Waals surface area (Å²) in [6, 6.07) is 8.72. The van der Waals surface area contributed by atoms with Crippen LogP contribution in [0.25, 0.3) is 0 Å². The van der Waals surface area contributed by atoms with E-state index < -0.39 is 0 Å². The van der Waals surface area contributed by atoms with Crippen molar-refractivity contribution < 1.29 is 0 Å². The fourth-order valence-corrected chi connectivity index (χ4v) is 1.90. The molecule has 86 valence electrons. The number of rotatable bonds is 4. The van der Waals surface area contributed by atoms with E-state index >= 15 is 0 Å². The zero-order valence-electron chi connectivity index (χ0n) is 10.9. The highest BCUT2D eigenvalue weighted by molar-refractivity contribution is 5.32. The highest BCUT2D eigenvalue weighted by atomic mass is 14.1. The lowest BCUT2D eigenvalue weighted by atomic mass is 9.98. The molecule has 0 saturated carbocycles.